The van der Waals surface area contributed by atoms with Crippen molar-refractivity contribution in [1.29, 1.82) is 0 Å². The fourth-order valence-electron chi connectivity index (χ4n) is 3.48. The van der Waals surface area contributed by atoms with Gasteiger partial charge < -0.3 is 22.1 Å². The number of hydrogen-bond donors (Lipinski definition) is 4. The Labute approximate surface area is 174 Å². The zero-order valence-corrected chi connectivity index (χ0v) is 16.4. The molecule has 1 aromatic carbocycles. The molecular formula is C22H23N7O. The number of amides is 1. The van der Waals surface area contributed by atoms with Gasteiger partial charge in [0.2, 0.25) is 0 Å². The Morgan fingerprint density at radius 3 is 2.57 bits per heavy atom. The summed E-state index contributed by atoms with van der Waals surface area (Å²) in [6, 6.07) is 9.90. The molecule has 0 fully saturated rings. The molecule has 0 spiro atoms. The highest BCUT2D eigenvalue weighted by atomic mass is 16.1. The van der Waals surface area contributed by atoms with Crippen LogP contribution in [0.4, 0.5) is 23.0 Å². The second-order valence-electron chi connectivity index (χ2n) is 7.16. The number of anilines is 4. The lowest BCUT2D eigenvalue weighted by Gasteiger charge is -2.25. The van der Waals surface area contributed by atoms with Crippen molar-refractivity contribution < 1.29 is 4.79 Å². The van der Waals surface area contributed by atoms with Crippen molar-refractivity contribution in [3.63, 3.8) is 0 Å². The van der Waals surface area contributed by atoms with Gasteiger partial charge in [0, 0.05) is 36.4 Å². The number of nitrogens with two attached hydrogens (primary N) is 2. The molecule has 0 aliphatic heterocycles. The van der Waals surface area contributed by atoms with Gasteiger partial charge in [-0.25, -0.2) is 9.97 Å². The third kappa shape index (κ3) is 4.54. The van der Waals surface area contributed by atoms with E-state index in [0.717, 1.165) is 24.9 Å². The minimum absolute atomic E-state index is 0.187. The number of carbonyl (C=O) groups is 1. The van der Waals surface area contributed by atoms with Crippen LogP contribution in [0, 0.1) is 0 Å². The molecule has 1 unspecified atom stereocenters. The van der Waals surface area contributed by atoms with Crippen molar-refractivity contribution in [3.05, 3.63) is 72.3 Å². The second kappa shape index (κ2) is 8.60. The SMILES string of the molecule is NC(=O)c1cnc(Nc2cnccn2)cc1NC1CC=C(c2ccc(N)cc2)CC1. The number of pyridine rings is 1. The van der Waals surface area contributed by atoms with Gasteiger partial charge in [-0.1, -0.05) is 18.2 Å². The van der Waals surface area contributed by atoms with Crippen molar-refractivity contribution in [1.82, 2.24) is 15.0 Å². The predicted octanol–water partition coefficient (Wildman–Crippen LogP) is 3.34. The topological polar surface area (TPSA) is 132 Å². The Balaban J connectivity index is 1.49. The van der Waals surface area contributed by atoms with Crippen LogP contribution in [-0.2, 0) is 0 Å². The van der Waals surface area contributed by atoms with Crippen LogP contribution < -0.4 is 22.1 Å². The van der Waals surface area contributed by atoms with Crippen molar-refractivity contribution in [3.8, 4) is 0 Å². The van der Waals surface area contributed by atoms with Crippen LogP contribution in [0.25, 0.3) is 5.57 Å². The lowest BCUT2D eigenvalue weighted by Crippen LogP contribution is -2.24. The fraction of sp³-hybridized carbons (Fsp3) is 0.182. The Kier molecular flexibility index (Phi) is 5.56. The van der Waals surface area contributed by atoms with E-state index in [9.17, 15) is 4.79 Å². The summed E-state index contributed by atoms with van der Waals surface area (Å²) >= 11 is 0. The maximum absolute atomic E-state index is 11.9. The molecule has 1 aliphatic carbocycles. The van der Waals surface area contributed by atoms with E-state index in [1.54, 1.807) is 24.7 Å². The van der Waals surface area contributed by atoms with Gasteiger partial charge in [-0.05, 0) is 42.5 Å². The second-order valence-corrected chi connectivity index (χ2v) is 7.16. The van der Waals surface area contributed by atoms with Gasteiger partial charge in [0.05, 0.1) is 17.4 Å². The summed E-state index contributed by atoms with van der Waals surface area (Å²) in [7, 11) is 0. The molecule has 1 aliphatic rings. The molecule has 8 nitrogen and oxygen atoms in total. The molecule has 0 saturated carbocycles. The summed E-state index contributed by atoms with van der Waals surface area (Å²) in [6.45, 7) is 0. The fourth-order valence-corrected chi connectivity index (χ4v) is 3.48. The Bertz CT molecular complexity index is 1060. The van der Waals surface area contributed by atoms with Crippen LogP contribution in [0.1, 0.15) is 35.2 Å². The Hall–Kier alpha value is -3.94. The van der Waals surface area contributed by atoms with Crippen molar-refractivity contribution in [2.45, 2.75) is 25.3 Å². The quantitative estimate of drug-likeness (QED) is 0.466. The van der Waals surface area contributed by atoms with Gasteiger partial charge >= 0.3 is 0 Å². The van der Waals surface area contributed by atoms with Crippen molar-refractivity contribution >= 4 is 34.5 Å². The normalized spacial score (nSPS) is 15.9. The molecular weight excluding hydrogens is 378 g/mol. The number of rotatable bonds is 6. The van der Waals surface area contributed by atoms with Crippen LogP contribution in [0.2, 0.25) is 0 Å². The van der Waals surface area contributed by atoms with E-state index in [-0.39, 0.29) is 6.04 Å². The summed E-state index contributed by atoms with van der Waals surface area (Å²) in [5.74, 6) is 0.596. The van der Waals surface area contributed by atoms with E-state index in [1.807, 2.05) is 24.3 Å². The average molecular weight is 401 g/mol. The third-order valence-corrected chi connectivity index (χ3v) is 5.04. The largest absolute Gasteiger partial charge is 0.399 e. The third-order valence-electron chi connectivity index (χ3n) is 5.04. The molecule has 0 saturated heterocycles. The molecule has 4 rings (SSSR count). The first-order valence-corrected chi connectivity index (χ1v) is 9.73. The van der Waals surface area contributed by atoms with Gasteiger partial charge in [0.25, 0.3) is 5.91 Å². The standard InChI is InChI=1S/C22H23N7O/c23-16-5-1-14(2-6-16)15-3-7-17(8-4-15)28-19-11-20(27-12-18(19)22(24)30)29-21-13-25-9-10-26-21/h1-3,5-6,9-13,17H,4,7-8,23H2,(H2,24,30)(H2,26,27,28,29). The highest BCUT2D eigenvalue weighted by Crippen LogP contribution is 2.30. The van der Waals surface area contributed by atoms with Crippen molar-refractivity contribution in [2.24, 2.45) is 5.73 Å². The first-order valence-electron chi connectivity index (χ1n) is 9.73. The van der Waals surface area contributed by atoms with Crippen LogP contribution >= 0.6 is 0 Å². The molecule has 3 aromatic rings. The van der Waals surface area contributed by atoms with Crippen LogP contribution in [0.5, 0.6) is 0 Å². The molecule has 6 N–H and O–H groups in total. The van der Waals surface area contributed by atoms with Gasteiger partial charge in [-0.2, -0.15) is 0 Å². The number of aromatic nitrogens is 3. The number of nitrogens with one attached hydrogen (secondary N) is 2. The first-order chi connectivity index (χ1) is 14.6. The number of nitrogen functional groups attached to an aromatic ring is 1. The predicted molar refractivity (Wildman–Crippen MR) is 118 cm³/mol. The van der Waals surface area contributed by atoms with E-state index in [1.165, 1.54) is 17.3 Å². The van der Waals surface area contributed by atoms with Crippen LogP contribution in [-0.4, -0.2) is 26.9 Å². The van der Waals surface area contributed by atoms with Crippen molar-refractivity contribution in [2.75, 3.05) is 16.4 Å². The molecule has 1 atom stereocenters. The molecule has 2 aromatic heterocycles. The van der Waals surface area contributed by atoms with E-state index in [0.29, 0.717) is 22.9 Å². The van der Waals surface area contributed by atoms with E-state index >= 15 is 0 Å². The van der Waals surface area contributed by atoms with Gasteiger partial charge in [0.15, 0.2) is 0 Å². The monoisotopic (exact) mass is 401 g/mol. The van der Waals surface area contributed by atoms with Gasteiger partial charge in [-0.3, -0.25) is 9.78 Å². The molecule has 30 heavy (non-hydrogen) atoms. The van der Waals surface area contributed by atoms with E-state index in [4.69, 9.17) is 11.5 Å². The lowest BCUT2D eigenvalue weighted by molar-refractivity contribution is 0.100. The van der Waals surface area contributed by atoms with Gasteiger partial charge in [0.1, 0.15) is 11.6 Å². The average Bonchev–Trinajstić information content (AvgIpc) is 2.76. The Morgan fingerprint density at radius 1 is 1.07 bits per heavy atom. The zero-order valence-electron chi connectivity index (χ0n) is 16.4. The molecule has 0 bridgehead atoms. The summed E-state index contributed by atoms with van der Waals surface area (Å²) < 4.78 is 0. The highest BCUT2D eigenvalue weighted by Gasteiger charge is 2.18. The van der Waals surface area contributed by atoms with E-state index < -0.39 is 5.91 Å². The molecule has 8 heteroatoms. The molecule has 152 valence electrons. The van der Waals surface area contributed by atoms with E-state index in [2.05, 4.69) is 31.7 Å². The summed E-state index contributed by atoms with van der Waals surface area (Å²) in [5, 5.41) is 6.54. The number of benzene rings is 1. The zero-order chi connectivity index (χ0) is 20.9. The highest BCUT2D eigenvalue weighted by molar-refractivity contribution is 5.98. The minimum atomic E-state index is -0.523. The lowest BCUT2D eigenvalue weighted by atomic mass is 9.90. The number of allylic oxidation sites excluding steroid dienone is 1. The molecule has 0 radical (unpaired) electrons. The van der Waals surface area contributed by atoms with Gasteiger partial charge in [-0.15, -0.1) is 0 Å². The number of hydrogen-bond acceptors (Lipinski definition) is 7. The number of carbonyl (C=O) groups excluding carboxylic acids is 1. The van der Waals surface area contributed by atoms with Crippen LogP contribution in [0.15, 0.2) is 61.2 Å². The minimum Gasteiger partial charge on any atom is -0.399 e. The first kappa shape index (κ1) is 19.4. The smallest absolute Gasteiger partial charge is 0.252 e. The maximum atomic E-state index is 11.9. The summed E-state index contributed by atoms with van der Waals surface area (Å²) in [5.41, 5.74) is 15.6. The Morgan fingerprint density at radius 2 is 1.90 bits per heavy atom. The summed E-state index contributed by atoms with van der Waals surface area (Å²) in [6.07, 6.45) is 11.2. The summed E-state index contributed by atoms with van der Waals surface area (Å²) in [4.78, 5) is 24.3. The number of nitrogens with zero attached hydrogens (tertiary/aromatic N) is 3. The molecule has 2 heterocycles. The maximum Gasteiger partial charge on any atom is 0.252 e. The van der Waals surface area contributed by atoms with Crippen LogP contribution in [0.3, 0.4) is 0 Å². The number of primary amides is 1. The molecule has 1 amide bonds.